The topological polar surface area (TPSA) is 257 Å². The second-order valence-electron chi connectivity index (χ2n) is 4.75. The number of carbonyl (C=O) groups excluding carboxylic acids is 2. The fourth-order valence-electron chi connectivity index (χ4n) is 1.04. The Morgan fingerprint density at radius 2 is 1.35 bits per heavy atom. The van der Waals surface area contributed by atoms with Gasteiger partial charge in [-0.1, -0.05) is 0 Å². The van der Waals surface area contributed by atoms with E-state index in [1.165, 1.54) is 21.1 Å². The molecule has 1 rings (SSSR count). The van der Waals surface area contributed by atoms with E-state index in [1.54, 1.807) is 0 Å². The van der Waals surface area contributed by atoms with Gasteiger partial charge in [0.05, 0.1) is 14.2 Å². The SMILES string of the molecule is CC(COC(=O)O)OC(=O)O.COC(=O)OC.O=C(O)OCCOC(=O)O.O=C1OCC(F)O1. The van der Waals surface area contributed by atoms with Gasteiger partial charge in [-0.05, 0) is 6.92 Å². The van der Waals surface area contributed by atoms with Gasteiger partial charge in [-0.15, -0.1) is 0 Å². The number of alkyl halides is 1. The maximum Gasteiger partial charge on any atom is 0.511 e. The molecule has 0 spiro atoms. The Kier molecular flexibility index (Phi) is 21.9. The summed E-state index contributed by atoms with van der Waals surface area (Å²) in [5.74, 6) is 0. The van der Waals surface area contributed by atoms with Crippen molar-refractivity contribution in [3.05, 3.63) is 0 Å². The van der Waals surface area contributed by atoms with Gasteiger partial charge >= 0.3 is 36.9 Å². The highest BCUT2D eigenvalue weighted by Crippen LogP contribution is 2.05. The summed E-state index contributed by atoms with van der Waals surface area (Å²) >= 11 is 0. The van der Waals surface area contributed by atoms with Crippen LogP contribution in [0.3, 0.4) is 0 Å². The average Bonchev–Trinajstić information content (AvgIpc) is 3.12. The molecule has 18 nitrogen and oxygen atoms in total. The molecule has 0 aromatic carbocycles. The van der Waals surface area contributed by atoms with Crippen LogP contribution in [0.4, 0.5) is 33.2 Å². The maximum absolute atomic E-state index is 11.6. The number of carbonyl (C=O) groups is 6. The van der Waals surface area contributed by atoms with E-state index in [2.05, 4.69) is 37.9 Å². The predicted octanol–water partition coefficient (Wildman–Crippen LogP) is 1.99. The van der Waals surface area contributed by atoms with Crippen molar-refractivity contribution < 1.29 is 91.5 Å². The fraction of sp³-hybridized carbons (Fsp3) is 0.600. The highest BCUT2D eigenvalue weighted by Gasteiger charge is 2.23. The number of hydrogen-bond donors (Lipinski definition) is 4. The Morgan fingerprint density at radius 1 is 0.912 bits per heavy atom. The zero-order valence-electron chi connectivity index (χ0n) is 17.9. The molecule has 19 heteroatoms. The summed E-state index contributed by atoms with van der Waals surface area (Å²) in [6, 6.07) is 0. The molecule has 0 bridgehead atoms. The van der Waals surface area contributed by atoms with E-state index in [-0.39, 0.29) is 26.4 Å². The lowest BCUT2D eigenvalue weighted by molar-refractivity contribution is 0.0122. The first kappa shape index (κ1) is 34.2. The van der Waals surface area contributed by atoms with Crippen LogP contribution in [0.2, 0.25) is 0 Å². The number of cyclic esters (lactones) is 2. The highest BCUT2D eigenvalue weighted by atomic mass is 19.1. The zero-order valence-corrected chi connectivity index (χ0v) is 17.9. The number of halogens is 1. The second kappa shape index (κ2) is 21.8. The molecule has 4 N–H and O–H groups in total. The van der Waals surface area contributed by atoms with Gasteiger partial charge in [0.25, 0.3) is 6.36 Å². The Hall–Kier alpha value is -4.45. The molecule has 1 aliphatic rings. The molecule has 198 valence electrons. The van der Waals surface area contributed by atoms with E-state index in [0.717, 1.165) is 0 Å². The van der Waals surface area contributed by atoms with Crippen LogP contribution < -0.4 is 0 Å². The third kappa shape index (κ3) is 32.2. The lowest BCUT2D eigenvalue weighted by Crippen LogP contribution is -2.20. The Bertz CT molecular complexity index is 615. The molecule has 1 aliphatic heterocycles. The molecule has 2 unspecified atom stereocenters. The Morgan fingerprint density at radius 3 is 1.56 bits per heavy atom. The summed E-state index contributed by atoms with van der Waals surface area (Å²) in [5.41, 5.74) is 0. The Labute approximate surface area is 189 Å². The van der Waals surface area contributed by atoms with Crippen molar-refractivity contribution in [2.24, 2.45) is 0 Å². The third-order valence-electron chi connectivity index (χ3n) is 2.17. The largest absolute Gasteiger partial charge is 0.511 e. The lowest BCUT2D eigenvalue weighted by atomic mass is 10.4. The van der Waals surface area contributed by atoms with Crippen LogP contribution in [0.15, 0.2) is 0 Å². The number of methoxy groups -OCH3 is 2. The number of carboxylic acid groups (broad SMARTS) is 4. The van der Waals surface area contributed by atoms with Gasteiger partial charge < -0.3 is 58.3 Å². The zero-order chi connectivity index (χ0) is 27.1. The van der Waals surface area contributed by atoms with Gasteiger partial charge in [0, 0.05) is 0 Å². The summed E-state index contributed by atoms with van der Waals surface area (Å²) < 4.78 is 43.5. The minimum Gasteiger partial charge on any atom is -0.450 e. The fourth-order valence-corrected chi connectivity index (χ4v) is 1.04. The van der Waals surface area contributed by atoms with Gasteiger partial charge in [0.2, 0.25) is 0 Å². The van der Waals surface area contributed by atoms with E-state index >= 15 is 0 Å². The molecule has 1 fully saturated rings. The molecule has 0 aromatic heterocycles. The summed E-state index contributed by atoms with van der Waals surface area (Å²) in [4.78, 5) is 58.3. The molecular formula is C15H23FO18. The van der Waals surface area contributed by atoms with Crippen molar-refractivity contribution in [2.45, 2.75) is 19.4 Å². The summed E-state index contributed by atoms with van der Waals surface area (Å²) in [7, 11) is 2.51. The standard InChI is InChI=1S/C5H8O6.C4H6O6.C3H3FO3.C3H6O3/c1-3(11-5(8)9)2-10-4(6)7;5-3(6)9-1-2-10-4(7)8;4-2-1-6-3(5)7-2;1-5-3(4)6-2/h3H,2H2,1H3,(H,6,7)(H,8,9);1-2H2,(H,5,6)(H,7,8);2H,1H2;1-2H3. The number of hydrogen-bond acceptors (Lipinski definition) is 14. The van der Waals surface area contributed by atoms with Gasteiger partial charge in [0.1, 0.15) is 25.9 Å². The normalized spacial score (nSPS) is 13.5. The van der Waals surface area contributed by atoms with E-state index < -0.39 is 49.4 Å². The predicted molar refractivity (Wildman–Crippen MR) is 97.2 cm³/mol. The molecule has 0 aliphatic carbocycles. The second-order valence-corrected chi connectivity index (χ2v) is 4.75. The van der Waals surface area contributed by atoms with E-state index in [4.69, 9.17) is 20.4 Å². The monoisotopic (exact) mass is 510 g/mol. The van der Waals surface area contributed by atoms with Gasteiger partial charge in [0.15, 0.2) is 6.61 Å². The van der Waals surface area contributed by atoms with E-state index in [0.29, 0.717) is 0 Å². The summed E-state index contributed by atoms with van der Waals surface area (Å²) in [6.07, 6.45) is -9.71. The molecule has 1 heterocycles. The van der Waals surface area contributed by atoms with Crippen molar-refractivity contribution in [3.63, 3.8) is 0 Å². The molecule has 0 radical (unpaired) electrons. The van der Waals surface area contributed by atoms with Crippen LogP contribution in [0, 0.1) is 0 Å². The van der Waals surface area contributed by atoms with Crippen molar-refractivity contribution in [1.82, 2.24) is 0 Å². The summed E-state index contributed by atoms with van der Waals surface area (Å²) in [5, 5.41) is 31.7. The van der Waals surface area contributed by atoms with Gasteiger partial charge in [-0.2, -0.15) is 4.39 Å². The lowest BCUT2D eigenvalue weighted by Gasteiger charge is -2.08. The molecule has 0 amide bonds. The first-order valence-electron chi connectivity index (χ1n) is 8.31. The minimum absolute atomic E-state index is 0.265. The van der Waals surface area contributed by atoms with Crippen LogP contribution in [-0.4, -0.2) is 110 Å². The molecular weight excluding hydrogens is 487 g/mol. The molecule has 0 aromatic rings. The highest BCUT2D eigenvalue weighted by molar-refractivity contribution is 5.61. The maximum atomic E-state index is 11.6. The molecule has 34 heavy (non-hydrogen) atoms. The van der Waals surface area contributed by atoms with E-state index in [1.807, 2.05) is 0 Å². The van der Waals surface area contributed by atoms with Crippen LogP contribution in [0.5, 0.6) is 0 Å². The number of rotatable bonds is 6. The van der Waals surface area contributed by atoms with Gasteiger partial charge in [-0.3, -0.25) is 0 Å². The van der Waals surface area contributed by atoms with Crippen LogP contribution >= 0.6 is 0 Å². The van der Waals surface area contributed by atoms with Crippen molar-refractivity contribution in [1.29, 1.82) is 0 Å². The Balaban J connectivity index is -0.000000387. The van der Waals surface area contributed by atoms with Crippen LogP contribution in [-0.2, 0) is 37.9 Å². The minimum atomic E-state index is -1.55. The van der Waals surface area contributed by atoms with E-state index in [9.17, 15) is 33.2 Å². The van der Waals surface area contributed by atoms with Crippen molar-refractivity contribution >= 4 is 36.9 Å². The summed E-state index contributed by atoms with van der Waals surface area (Å²) in [6.45, 7) is 0.279. The number of ether oxygens (including phenoxy) is 8. The first-order chi connectivity index (χ1) is 15.7. The first-order valence-corrected chi connectivity index (χ1v) is 8.31. The van der Waals surface area contributed by atoms with Gasteiger partial charge in [-0.25, -0.2) is 28.8 Å². The molecule has 1 saturated heterocycles. The quantitative estimate of drug-likeness (QED) is 0.226. The van der Waals surface area contributed by atoms with Crippen molar-refractivity contribution in [2.75, 3.05) is 40.6 Å². The van der Waals surface area contributed by atoms with Crippen LogP contribution in [0.1, 0.15) is 6.92 Å². The molecule has 2 atom stereocenters. The van der Waals surface area contributed by atoms with Crippen molar-refractivity contribution in [3.8, 4) is 0 Å². The smallest absolute Gasteiger partial charge is 0.450 e. The third-order valence-corrected chi connectivity index (χ3v) is 2.17. The van der Waals surface area contributed by atoms with Crippen LogP contribution in [0.25, 0.3) is 0 Å². The molecule has 0 saturated carbocycles. The average molecular weight is 510 g/mol.